The van der Waals surface area contributed by atoms with Crippen molar-refractivity contribution in [3.63, 3.8) is 0 Å². The molecule has 0 aromatic carbocycles. The molecule has 4 heteroatoms. The van der Waals surface area contributed by atoms with Crippen molar-refractivity contribution in [1.82, 2.24) is 5.32 Å². The molecule has 0 radical (unpaired) electrons. The second-order valence-electron chi connectivity index (χ2n) is 5.05. The molecular weight excluding hydrogens is 218 g/mol. The van der Waals surface area contributed by atoms with E-state index in [0.717, 1.165) is 18.8 Å². The average Bonchev–Trinajstić information content (AvgIpc) is 2.69. The normalized spacial score (nSPS) is 25.4. The zero-order valence-electron chi connectivity index (χ0n) is 10.7. The van der Waals surface area contributed by atoms with E-state index in [9.17, 15) is 9.59 Å². The molecule has 0 aromatic rings. The predicted molar refractivity (Wildman–Crippen MR) is 65.5 cm³/mol. The van der Waals surface area contributed by atoms with E-state index in [0.29, 0.717) is 18.0 Å². The SMILES string of the molecule is CC(C(=O)O)=C(C)C(=O)NCC1CCC(C)C1. The molecule has 2 atom stereocenters. The minimum absolute atomic E-state index is 0.113. The molecule has 0 spiro atoms. The summed E-state index contributed by atoms with van der Waals surface area (Å²) >= 11 is 0. The third-order valence-electron chi connectivity index (χ3n) is 3.58. The first kappa shape index (κ1) is 13.7. The second kappa shape index (κ2) is 5.84. The van der Waals surface area contributed by atoms with Gasteiger partial charge in [-0.15, -0.1) is 0 Å². The Morgan fingerprint density at radius 1 is 1.24 bits per heavy atom. The van der Waals surface area contributed by atoms with Gasteiger partial charge in [0.05, 0.1) is 0 Å². The highest BCUT2D eigenvalue weighted by atomic mass is 16.4. The Balaban J connectivity index is 2.45. The fourth-order valence-electron chi connectivity index (χ4n) is 2.21. The third kappa shape index (κ3) is 3.88. The third-order valence-corrected chi connectivity index (χ3v) is 3.58. The number of carbonyl (C=O) groups is 2. The van der Waals surface area contributed by atoms with Crippen LogP contribution < -0.4 is 5.32 Å². The summed E-state index contributed by atoms with van der Waals surface area (Å²) in [5, 5.41) is 11.6. The van der Waals surface area contributed by atoms with Crippen molar-refractivity contribution >= 4 is 11.9 Å². The lowest BCUT2D eigenvalue weighted by molar-refractivity contribution is -0.133. The fourth-order valence-corrected chi connectivity index (χ4v) is 2.21. The molecule has 0 saturated heterocycles. The van der Waals surface area contributed by atoms with Crippen LogP contribution in [-0.4, -0.2) is 23.5 Å². The van der Waals surface area contributed by atoms with Gasteiger partial charge in [0.2, 0.25) is 5.91 Å². The van der Waals surface area contributed by atoms with Crippen LogP contribution in [-0.2, 0) is 9.59 Å². The Morgan fingerprint density at radius 2 is 1.88 bits per heavy atom. The lowest BCUT2D eigenvalue weighted by atomic mass is 10.1. The Bertz CT molecular complexity index is 347. The molecule has 2 unspecified atom stereocenters. The second-order valence-corrected chi connectivity index (χ2v) is 5.05. The van der Waals surface area contributed by atoms with Crippen LogP contribution in [0, 0.1) is 11.8 Å². The summed E-state index contributed by atoms with van der Waals surface area (Å²) in [6.45, 7) is 5.89. The first-order valence-corrected chi connectivity index (χ1v) is 6.10. The van der Waals surface area contributed by atoms with E-state index >= 15 is 0 Å². The van der Waals surface area contributed by atoms with Gasteiger partial charge < -0.3 is 10.4 Å². The molecule has 0 aromatic heterocycles. The molecule has 96 valence electrons. The van der Waals surface area contributed by atoms with Crippen molar-refractivity contribution in [1.29, 1.82) is 0 Å². The van der Waals surface area contributed by atoms with Gasteiger partial charge in [-0.05, 0) is 38.5 Å². The highest BCUT2D eigenvalue weighted by molar-refractivity contribution is 6.01. The van der Waals surface area contributed by atoms with E-state index in [-0.39, 0.29) is 11.5 Å². The first-order valence-electron chi connectivity index (χ1n) is 6.10. The molecule has 0 aliphatic heterocycles. The summed E-state index contributed by atoms with van der Waals surface area (Å²) in [7, 11) is 0. The van der Waals surface area contributed by atoms with Gasteiger partial charge in [0.1, 0.15) is 0 Å². The van der Waals surface area contributed by atoms with E-state index < -0.39 is 5.97 Å². The summed E-state index contributed by atoms with van der Waals surface area (Å²) in [4.78, 5) is 22.4. The number of carboxylic acids is 1. The topological polar surface area (TPSA) is 66.4 Å². The Hall–Kier alpha value is -1.32. The van der Waals surface area contributed by atoms with Crippen molar-refractivity contribution in [3.05, 3.63) is 11.1 Å². The lowest BCUT2D eigenvalue weighted by Crippen LogP contribution is -2.30. The van der Waals surface area contributed by atoms with Gasteiger partial charge in [-0.2, -0.15) is 0 Å². The number of rotatable bonds is 4. The Kier molecular flexibility index (Phi) is 4.73. The number of carboxylic acid groups (broad SMARTS) is 1. The van der Waals surface area contributed by atoms with Gasteiger partial charge in [-0.1, -0.05) is 13.3 Å². The maximum absolute atomic E-state index is 11.7. The number of aliphatic carboxylic acids is 1. The van der Waals surface area contributed by atoms with Crippen LogP contribution >= 0.6 is 0 Å². The summed E-state index contributed by atoms with van der Waals surface area (Å²) in [6, 6.07) is 0. The van der Waals surface area contributed by atoms with Crippen molar-refractivity contribution in [2.24, 2.45) is 11.8 Å². The molecule has 1 aliphatic carbocycles. The summed E-state index contributed by atoms with van der Waals surface area (Å²) < 4.78 is 0. The lowest BCUT2D eigenvalue weighted by Gasteiger charge is -2.12. The van der Waals surface area contributed by atoms with E-state index in [1.54, 1.807) is 6.92 Å². The number of hydrogen-bond donors (Lipinski definition) is 2. The molecule has 1 fully saturated rings. The quantitative estimate of drug-likeness (QED) is 0.737. The van der Waals surface area contributed by atoms with Crippen molar-refractivity contribution in [2.75, 3.05) is 6.54 Å². The van der Waals surface area contributed by atoms with Crippen molar-refractivity contribution < 1.29 is 14.7 Å². The molecule has 0 heterocycles. The highest BCUT2D eigenvalue weighted by Crippen LogP contribution is 2.29. The Morgan fingerprint density at radius 3 is 2.35 bits per heavy atom. The highest BCUT2D eigenvalue weighted by Gasteiger charge is 2.22. The van der Waals surface area contributed by atoms with Gasteiger partial charge in [-0.25, -0.2) is 4.79 Å². The standard InChI is InChI=1S/C13H21NO3/c1-8-4-5-11(6-8)7-14-12(15)9(2)10(3)13(16)17/h8,11H,4-7H2,1-3H3,(H,14,15)(H,16,17). The smallest absolute Gasteiger partial charge is 0.331 e. The molecule has 0 bridgehead atoms. The number of amides is 1. The van der Waals surface area contributed by atoms with E-state index in [2.05, 4.69) is 12.2 Å². The fraction of sp³-hybridized carbons (Fsp3) is 0.692. The summed E-state index contributed by atoms with van der Waals surface area (Å²) in [5.74, 6) is -0.00206. The number of carbonyl (C=O) groups excluding carboxylic acids is 1. The van der Waals surface area contributed by atoms with Crippen LogP contribution in [0.25, 0.3) is 0 Å². The average molecular weight is 239 g/mol. The van der Waals surface area contributed by atoms with Crippen LogP contribution in [0.3, 0.4) is 0 Å². The van der Waals surface area contributed by atoms with Crippen LogP contribution in [0.15, 0.2) is 11.1 Å². The Labute approximate surface area is 102 Å². The van der Waals surface area contributed by atoms with Gasteiger partial charge in [0.25, 0.3) is 0 Å². The minimum atomic E-state index is -1.04. The van der Waals surface area contributed by atoms with Crippen molar-refractivity contribution in [3.8, 4) is 0 Å². The van der Waals surface area contributed by atoms with Gasteiger partial charge in [0, 0.05) is 17.7 Å². The molecule has 1 saturated carbocycles. The molecule has 1 rings (SSSR count). The molecule has 1 aliphatic rings. The maximum Gasteiger partial charge on any atom is 0.331 e. The maximum atomic E-state index is 11.7. The summed E-state index contributed by atoms with van der Waals surface area (Å²) in [6.07, 6.45) is 3.53. The largest absolute Gasteiger partial charge is 0.478 e. The van der Waals surface area contributed by atoms with Gasteiger partial charge in [-0.3, -0.25) is 4.79 Å². The van der Waals surface area contributed by atoms with Crippen molar-refractivity contribution in [2.45, 2.75) is 40.0 Å². The summed E-state index contributed by atoms with van der Waals surface area (Å²) in [5.41, 5.74) is 0.408. The zero-order chi connectivity index (χ0) is 13.0. The predicted octanol–water partition coefficient (Wildman–Crippen LogP) is 1.96. The van der Waals surface area contributed by atoms with Crippen LogP contribution in [0.5, 0.6) is 0 Å². The minimum Gasteiger partial charge on any atom is -0.478 e. The van der Waals surface area contributed by atoms with Crippen LogP contribution in [0.4, 0.5) is 0 Å². The number of nitrogens with one attached hydrogen (secondary N) is 1. The first-order chi connectivity index (χ1) is 7.91. The van der Waals surface area contributed by atoms with Crippen LogP contribution in [0.1, 0.15) is 40.0 Å². The molecule has 2 N–H and O–H groups in total. The van der Waals surface area contributed by atoms with Gasteiger partial charge in [0.15, 0.2) is 0 Å². The molecule has 4 nitrogen and oxygen atoms in total. The molecular formula is C13H21NO3. The van der Waals surface area contributed by atoms with E-state index in [4.69, 9.17) is 5.11 Å². The monoisotopic (exact) mass is 239 g/mol. The van der Waals surface area contributed by atoms with Gasteiger partial charge >= 0.3 is 5.97 Å². The van der Waals surface area contributed by atoms with Crippen LogP contribution in [0.2, 0.25) is 0 Å². The van der Waals surface area contributed by atoms with E-state index in [1.165, 1.54) is 13.3 Å². The number of hydrogen-bond acceptors (Lipinski definition) is 2. The molecule has 1 amide bonds. The zero-order valence-corrected chi connectivity index (χ0v) is 10.7. The molecule has 17 heavy (non-hydrogen) atoms. The van der Waals surface area contributed by atoms with E-state index in [1.807, 2.05) is 0 Å².